The highest BCUT2D eigenvalue weighted by molar-refractivity contribution is 7.15. The number of hydrogen-bond acceptors (Lipinski definition) is 5. The lowest BCUT2D eigenvalue weighted by Gasteiger charge is -2.29. The molecule has 5 heteroatoms. The van der Waals surface area contributed by atoms with Crippen molar-refractivity contribution < 1.29 is 5.11 Å². The van der Waals surface area contributed by atoms with Crippen LogP contribution in [-0.2, 0) is 6.54 Å². The molecule has 110 valence electrons. The van der Waals surface area contributed by atoms with E-state index >= 15 is 0 Å². The van der Waals surface area contributed by atoms with Crippen molar-refractivity contribution in [3.63, 3.8) is 0 Å². The fourth-order valence-corrected chi connectivity index (χ4v) is 2.94. The first-order valence-corrected chi connectivity index (χ1v) is 7.75. The molecule has 2 N–H and O–H groups in total. The number of anilines is 1. The minimum atomic E-state index is 0.0168. The number of nitrogens with one attached hydrogen (secondary N) is 1. The maximum absolute atomic E-state index is 9.55. The van der Waals surface area contributed by atoms with Gasteiger partial charge in [-0.25, -0.2) is 4.98 Å². The molecule has 0 fully saturated rings. The van der Waals surface area contributed by atoms with Crippen molar-refractivity contribution in [2.24, 2.45) is 5.41 Å². The quantitative estimate of drug-likeness (QED) is 0.770. The average molecular weight is 285 g/mol. The van der Waals surface area contributed by atoms with Gasteiger partial charge in [0.1, 0.15) is 0 Å². The smallest absolute Gasteiger partial charge is 0.185 e. The molecule has 4 nitrogen and oxygen atoms in total. The molecule has 0 radical (unpaired) electrons. The molecule has 0 aliphatic heterocycles. The molecule has 19 heavy (non-hydrogen) atoms. The molecule has 1 aromatic rings. The molecular formula is C14H27N3OS. The summed E-state index contributed by atoms with van der Waals surface area (Å²) < 4.78 is 0. The lowest BCUT2D eigenvalue weighted by atomic mass is 9.83. The summed E-state index contributed by atoms with van der Waals surface area (Å²) in [5, 5.41) is 14.1. The summed E-state index contributed by atoms with van der Waals surface area (Å²) in [5.41, 5.74) is 1.12. The van der Waals surface area contributed by atoms with Crippen LogP contribution in [0.5, 0.6) is 0 Å². The van der Waals surface area contributed by atoms with E-state index in [1.807, 2.05) is 19.0 Å². The van der Waals surface area contributed by atoms with Crippen LogP contribution in [0.15, 0.2) is 0 Å². The largest absolute Gasteiger partial charge is 0.396 e. The Morgan fingerprint density at radius 1 is 1.32 bits per heavy atom. The number of aromatic nitrogens is 1. The van der Waals surface area contributed by atoms with Crippen molar-refractivity contribution >= 4 is 16.5 Å². The lowest BCUT2D eigenvalue weighted by molar-refractivity contribution is 0.113. The summed E-state index contributed by atoms with van der Waals surface area (Å²) in [6, 6.07) is 0. The number of rotatable bonds is 8. The highest BCUT2D eigenvalue weighted by Gasteiger charge is 2.24. The van der Waals surface area contributed by atoms with Crippen molar-refractivity contribution in [1.29, 1.82) is 0 Å². The van der Waals surface area contributed by atoms with Gasteiger partial charge < -0.3 is 15.3 Å². The number of nitrogens with zero attached hydrogens (tertiary/aromatic N) is 2. The van der Waals surface area contributed by atoms with Crippen LogP contribution in [0.4, 0.5) is 5.13 Å². The zero-order valence-corrected chi connectivity index (χ0v) is 13.6. The predicted octanol–water partition coefficient (Wildman–Crippen LogP) is 2.41. The van der Waals surface area contributed by atoms with Gasteiger partial charge in [0, 0.05) is 44.1 Å². The van der Waals surface area contributed by atoms with Crippen LogP contribution in [0.3, 0.4) is 0 Å². The summed E-state index contributed by atoms with van der Waals surface area (Å²) in [4.78, 5) is 7.86. The van der Waals surface area contributed by atoms with Crippen LogP contribution in [0.2, 0.25) is 0 Å². The minimum Gasteiger partial charge on any atom is -0.396 e. The van der Waals surface area contributed by atoms with E-state index in [2.05, 4.69) is 31.1 Å². The van der Waals surface area contributed by atoms with Gasteiger partial charge in [-0.1, -0.05) is 13.8 Å². The zero-order chi connectivity index (χ0) is 14.5. The zero-order valence-electron chi connectivity index (χ0n) is 12.8. The maximum Gasteiger partial charge on any atom is 0.185 e. The highest BCUT2D eigenvalue weighted by atomic mass is 32.1. The third-order valence-electron chi connectivity index (χ3n) is 3.88. The Hall–Kier alpha value is -0.650. The molecule has 0 bridgehead atoms. The van der Waals surface area contributed by atoms with Gasteiger partial charge in [-0.2, -0.15) is 0 Å². The number of aliphatic hydroxyl groups excluding tert-OH is 1. The molecule has 0 unspecified atom stereocenters. The predicted molar refractivity (Wildman–Crippen MR) is 83.0 cm³/mol. The van der Waals surface area contributed by atoms with Gasteiger partial charge in [0.25, 0.3) is 0 Å². The molecule has 1 rings (SSSR count). The molecule has 0 aliphatic carbocycles. The van der Waals surface area contributed by atoms with Gasteiger partial charge in [-0.3, -0.25) is 0 Å². The van der Waals surface area contributed by atoms with Crippen molar-refractivity contribution in [3.8, 4) is 0 Å². The van der Waals surface area contributed by atoms with Gasteiger partial charge >= 0.3 is 0 Å². The fraction of sp³-hybridized carbons (Fsp3) is 0.786. The third kappa shape index (κ3) is 4.16. The first-order chi connectivity index (χ1) is 8.98. The summed E-state index contributed by atoms with van der Waals surface area (Å²) in [5.74, 6) is 0. The number of thiazole rings is 1. The monoisotopic (exact) mass is 285 g/mol. The minimum absolute atomic E-state index is 0.0168. The third-order valence-corrected chi connectivity index (χ3v) is 5.21. The topological polar surface area (TPSA) is 48.4 Å². The Morgan fingerprint density at radius 2 is 1.95 bits per heavy atom. The Balaban J connectivity index is 2.57. The number of aryl methyl sites for hydroxylation is 1. The first-order valence-electron chi connectivity index (χ1n) is 6.93. The fourth-order valence-electron chi connectivity index (χ4n) is 1.99. The van der Waals surface area contributed by atoms with Gasteiger partial charge in [0.2, 0.25) is 0 Å². The molecular weight excluding hydrogens is 258 g/mol. The van der Waals surface area contributed by atoms with Crippen LogP contribution >= 0.6 is 11.3 Å². The van der Waals surface area contributed by atoms with Gasteiger partial charge in [-0.15, -0.1) is 11.3 Å². The second kappa shape index (κ2) is 7.22. The molecule has 0 aromatic carbocycles. The first kappa shape index (κ1) is 16.4. The average Bonchev–Trinajstić information content (AvgIpc) is 2.77. The van der Waals surface area contributed by atoms with Gasteiger partial charge in [0.05, 0.1) is 5.69 Å². The second-order valence-electron chi connectivity index (χ2n) is 5.37. The molecule has 1 heterocycles. The molecule has 0 atom stereocenters. The van der Waals surface area contributed by atoms with E-state index in [9.17, 15) is 5.11 Å². The molecule has 1 aromatic heterocycles. The summed E-state index contributed by atoms with van der Waals surface area (Å²) in [7, 11) is 4.03. The van der Waals surface area contributed by atoms with Crippen molar-refractivity contribution in [1.82, 2.24) is 10.3 Å². The van der Waals surface area contributed by atoms with Crippen LogP contribution in [0, 0.1) is 12.3 Å². The Kier molecular flexibility index (Phi) is 6.23. The molecule has 0 saturated heterocycles. The van der Waals surface area contributed by atoms with E-state index in [-0.39, 0.29) is 12.0 Å². The number of aliphatic hydroxyl groups is 1. The van der Waals surface area contributed by atoms with Crippen LogP contribution in [0.25, 0.3) is 0 Å². The standard InChI is InChI=1S/C14H27N3OS/c1-6-14(7-2,10-18)9-15-8-12-11(3)16-13(19-12)17(4)5/h15,18H,6-10H2,1-5H3. The molecule has 0 aliphatic rings. The van der Waals surface area contributed by atoms with Crippen molar-refractivity contribution in [2.75, 3.05) is 32.1 Å². The molecule has 0 amide bonds. The SMILES string of the molecule is CCC(CC)(CO)CNCc1sc(N(C)C)nc1C. The van der Waals surface area contributed by atoms with E-state index in [1.54, 1.807) is 11.3 Å². The van der Waals surface area contributed by atoms with E-state index in [0.29, 0.717) is 0 Å². The Labute approximate surface area is 120 Å². The van der Waals surface area contributed by atoms with Crippen LogP contribution in [0.1, 0.15) is 37.3 Å². The lowest BCUT2D eigenvalue weighted by Crippen LogP contribution is -2.36. The molecule has 0 spiro atoms. The summed E-state index contributed by atoms with van der Waals surface area (Å²) in [6.07, 6.45) is 2.00. The van der Waals surface area contributed by atoms with Gasteiger partial charge in [0.15, 0.2) is 5.13 Å². The number of hydrogen-bond donors (Lipinski definition) is 2. The van der Waals surface area contributed by atoms with Crippen LogP contribution in [-0.4, -0.2) is 37.3 Å². The van der Waals surface area contributed by atoms with Crippen molar-refractivity contribution in [2.45, 2.75) is 40.2 Å². The van der Waals surface area contributed by atoms with Gasteiger partial charge in [-0.05, 0) is 19.8 Å². The van der Waals surface area contributed by atoms with E-state index < -0.39 is 0 Å². The summed E-state index contributed by atoms with van der Waals surface area (Å²) in [6.45, 7) is 8.27. The van der Waals surface area contributed by atoms with Crippen LogP contribution < -0.4 is 10.2 Å². The van der Waals surface area contributed by atoms with E-state index in [4.69, 9.17) is 0 Å². The van der Waals surface area contributed by atoms with E-state index in [0.717, 1.165) is 36.8 Å². The maximum atomic E-state index is 9.55. The normalized spacial score (nSPS) is 11.9. The Bertz CT molecular complexity index is 378. The second-order valence-corrected chi connectivity index (χ2v) is 6.43. The van der Waals surface area contributed by atoms with E-state index in [1.165, 1.54) is 4.88 Å². The summed E-state index contributed by atoms with van der Waals surface area (Å²) >= 11 is 1.73. The van der Waals surface area contributed by atoms with Crippen molar-refractivity contribution in [3.05, 3.63) is 10.6 Å². The highest BCUT2D eigenvalue weighted by Crippen LogP contribution is 2.26. The molecule has 0 saturated carbocycles. The Morgan fingerprint density at radius 3 is 2.37 bits per heavy atom.